The van der Waals surface area contributed by atoms with Crippen LogP contribution in [0.2, 0.25) is 0 Å². The topological polar surface area (TPSA) is 75.7 Å². The van der Waals surface area contributed by atoms with Gasteiger partial charge in [-0.2, -0.15) is 0 Å². The molecule has 186 valence electrons. The molecular formula is C27H37FN2O4. The standard InChI is InChI=1S/C27H37FN2O4/c1-15(13-21(32)34-26(2,3)4)24(17-9-10-17)29-20(31)14-30-19-12-11-18(16-7-8-16)23(28)22(19)27(5,6)25(30)33/h11-12,15-17,24H,7-10,13-14H2,1-6H3,(H,29,31)/t15-,24-/m0/s1. The van der Waals surface area contributed by atoms with Crippen molar-refractivity contribution in [3.05, 3.63) is 29.1 Å². The highest BCUT2D eigenvalue weighted by Gasteiger charge is 2.48. The Labute approximate surface area is 201 Å². The van der Waals surface area contributed by atoms with Gasteiger partial charge in [0.05, 0.1) is 17.5 Å². The molecule has 2 atom stereocenters. The summed E-state index contributed by atoms with van der Waals surface area (Å²) in [5.41, 5.74) is -0.0239. The molecule has 6 nitrogen and oxygen atoms in total. The van der Waals surface area contributed by atoms with Gasteiger partial charge in [-0.25, -0.2) is 4.39 Å². The van der Waals surface area contributed by atoms with Crippen molar-refractivity contribution in [3.63, 3.8) is 0 Å². The van der Waals surface area contributed by atoms with Gasteiger partial charge >= 0.3 is 5.97 Å². The van der Waals surface area contributed by atoms with Gasteiger partial charge in [0.25, 0.3) is 0 Å². The van der Waals surface area contributed by atoms with Crippen LogP contribution in [0.15, 0.2) is 12.1 Å². The summed E-state index contributed by atoms with van der Waals surface area (Å²) in [5, 5.41) is 3.07. The SMILES string of the molecule is C[C@@H](CC(=O)OC(C)(C)C)[C@H](NC(=O)CN1C(=O)C(C)(C)c2c1ccc(C1CC1)c2F)C1CC1. The minimum atomic E-state index is -1.02. The number of hydrogen-bond acceptors (Lipinski definition) is 4. The first-order chi connectivity index (χ1) is 15.8. The average molecular weight is 473 g/mol. The normalized spacial score (nSPS) is 21.1. The number of nitrogens with one attached hydrogen (secondary N) is 1. The summed E-state index contributed by atoms with van der Waals surface area (Å²) in [6, 6.07) is 3.38. The van der Waals surface area contributed by atoms with Crippen molar-refractivity contribution >= 4 is 23.5 Å². The van der Waals surface area contributed by atoms with Crippen molar-refractivity contribution < 1.29 is 23.5 Å². The zero-order chi connectivity index (χ0) is 25.0. The maximum Gasteiger partial charge on any atom is 0.306 e. The third kappa shape index (κ3) is 4.98. The number of ether oxygens (including phenoxy) is 1. The fourth-order valence-electron chi connectivity index (χ4n) is 5.15. The Morgan fingerprint density at radius 3 is 2.41 bits per heavy atom. The van der Waals surface area contributed by atoms with Crippen LogP contribution in [-0.4, -0.2) is 36.0 Å². The van der Waals surface area contributed by atoms with Crippen molar-refractivity contribution in [1.29, 1.82) is 0 Å². The molecule has 4 rings (SSSR count). The quantitative estimate of drug-likeness (QED) is 0.562. The number of rotatable bonds is 8. The highest BCUT2D eigenvalue weighted by molar-refractivity contribution is 6.10. The highest BCUT2D eigenvalue weighted by atomic mass is 19.1. The lowest BCUT2D eigenvalue weighted by atomic mass is 9.84. The molecule has 0 spiro atoms. The van der Waals surface area contributed by atoms with Gasteiger partial charge in [-0.1, -0.05) is 13.0 Å². The molecule has 0 aromatic heterocycles. The van der Waals surface area contributed by atoms with Crippen LogP contribution in [0.4, 0.5) is 10.1 Å². The van der Waals surface area contributed by atoms with E-state index in [2.05, 4.69) is 5.32 Å². The smallest absolute Gasteiger partial charge is 0.306 e. The lowest BCUT2D eigenvalue weighted by Crippen LogP contribution is -2.48. The van der Waals surface area contributed by atoms with Gasteiger partial charge in [-0.15, -0.1) is 0 Å². The molecule has 2 fully saturated rings. The average Bonchev–Trinajstić information content (AvgIpc) is 3.60. The molecular weight excluding hydrogens is 435 g/mol. The van der Waals surface area contributed by atoms with Crippen LogP contribution in [-0.2, 0) is 24.5 Å². The molecule has 1 aromatic rings. The first-order valence-electron chi connectivity index (χ1n) is 12.5. The second-order valence-electron chi connectivity index (χ2n) is 11.9. The lowest BCUT2D eigenvalue weighted by Gasteiger charge is -2.28. The molecule has 1 N–H and O–H groups in total. The van der Waals surface area contributed by atoms with E-state index < -0.39 is 11.0 Å². The lowest BCUT2D eigenvalue weighted by molar-refractivity contribution is -0.156. The van der Waals surface area contributed by atoms with E-state index >= 15 is 4.39 Å². The number of carbonyl (C=O) groups is 3. The van der Waals surface area contributed by atoms with Gasteiger partial charge < -0.3 is 15.0 Å². The van der Waals surface area contributed by atoms with E-state index in [9.17, 15) is 14.4 Å². The maximum atomic E-state index is 15.4. The molecule has 1 aromatic carbocycles. The number of halogens is 1. The summed E-state index contributed by atoms with van der Waals surface area (Å²) in [7, 11) is 0. The Hall–Kier alpha value is -2.44. The Bertz CT molecular complexity index is 1000. The second kappa shape index (κ2) is 8.65. The summed E-state index contributed by atoms with van der Waals surface area (Å²) in [6.07, 6.45) is 4.15. The van der Waals surface area contributed by atoms with Crippen LogP contribution in [0.5, 0.6) is 0 Å². The van der Waals surface area contributed by atoms with Gasteiger partial charge in [0.2, 0.25) is 11.8 Å². The van der Waals surface area contributed by atoms with E-state index in [4.69, 9.17) is 4.74 Å². The zero-order valence-electron chi connectivity index (χ0n) is 21.2. The van der Waals surface area contributed by atoms with Crippen LogP contribution in [0.1, 0.15) is 90.7 Å². The van der Waals surface area contributed by atoms with Gasteiger partial charge in [-0.3, -0.25) is 14.4 Å². The zero-order valence-corrected chi connectivity index (χ0v) is 21.2. The van der Waals surface area contributed by atoms with Gasteiger partial charge in [0, 0.05) is 11.6 Å². The van der Waals surface area contributed by atoms with E-state index in [0.717, 1.165) is 25.7 Å². The minimum Gasteiger partial charge on any atom is -0.460 e. The van der Waals surface area contributed by atoms with E-state index in [-0.39, 0.29) is 54.4 Å². The third-order valence-corrected chi connectivity index (χ3v) is 7.14. The number of benzene rings is 1. The van der Waals surface area contributed by atoms with Crippen molar-refractivity contribution in [1.82, 2.24) is 5.32 Å². The number of esters is 1. The van der Waals surface area contributed by atoms with Crippen molar-refractivity contribution in [2.75, 3.05) is 11.4 Å². The largest absolute Gasteiger partial charge is 0.460 e. The Balaban J connectivity index is 1.46. The summed E-state index contributed by atoms with van der Waals surface area (Å²) < 4.78 is 20.8. The Morgan fingerprint density at radius 2 is 1.85 bits per heavy atom. The number of nitrogens with zero attached hydrogens (tertiary/aromatic N) is 1. The van der Waals surface area contributed by atoms with E-state index in [1.807, 2.05) is 27.7 Å². The van der Waals surface area contributed by atoms with E-state index in [1.165, 1.54) is 4.90 Å². The predicted molar refractivity (Wildman–Crippen MR) is 128 cm³/mol. The molecule has 1 heterocycles. The first-order valence-corrected chi connectivity index (χ1v) is 12.5. The molecule has 1 aliphatic heterocycles. The molecule has 3 aliphatic rings. The van der Waals surface area contributed by atoms with Crippen molar-refractivity contribution in [2.24, 2.45) is 11.8 Å². The number of carbonyl (C=O) groups excluding carboxylic acids is 3. The number of hydrogen-bond donors (Lipinski definition) is 1. The Morgan fingerprint density at radius 1 is 1.21 bits per heavy atom. The highest BCUT2D eigenvalue weighted by Crippen LogP contribution is 2.49. The monoisotopic (exact) mass is 472 g/mol. The number of anilines is 1. The van der Waals surface area contributed by atoms with Crippen molar-refractivity contribution in [3.8, 4) is 0 Å². The van der Waals surface area contributed by atoms with Crippen LogP contribution in [0.3, 0.4) is 0 Å². The fourth-order valence-corrected chi connectivity index (χ4v) is 5.15. The molecule has 2 saturated carbocycles. The first kappa shape index (κ1) is 24.7. The summed E-state index contributed by atoms with van der Waals surface area (Å²) in [6.45, 7) is 10.7. The van der Waals surface area contributed by atoms with Crippen LogP contribution < -0.4 is 10.2 Å². The summed E-state index contributed by atoms with van der Waals surface area (Å²) in [4.78, 5) is 40.0. The van der Waals surface area contributed by atoms with Crippen LogP contribution >= 0.6 is 0 Å². The van der Waals surface area contributed by atoms with Gasteiger partial charge in [0.1, 0.15) is 18.0 Å². The fraction of sp³-hybridized carbons (Fsp3) is 0.667. The van der Waals surface area contributed by atoms with E-state index in [1.54, 1.807) is 26.0 Å². The van der Waals surface area contributed by atoms with Crippen LogP contribution in [0.25, 0.3) is 0 Å². The Kier molecular flexibility index (Phi) is 6.28. The molecule has 0 radical (unpaired) electrons. The maximum absolute atomic E-state index is 15.4. The summed E-state index contributed by atoms with van der Waals surface area (Å²) >= 11 is 0. The molecule has 0 bridgehead atoms. The third-order valence-electron chi connectivity index (χ3n) is 7.14. The van der Waals surface area contributed by atoms with Crippen LogP contribution in [0, 0.1) is 17.7 Å². The number of amides is 2. The van der Waals surface area contributed by atoms with Gasteiger partial charge in [0.15, 0.2) is 0 Å². The molecule has 0 unspecified atom stereocenters. The predicted octanol–water partition coefficient (Wildman–Crippen LogP) is 4.59. The molecule has 0 saturated heterocycles. The van der Waals surface area contributed by atoms with Crippen molar-refractivity contribution in [2.45, 2.75) is 96.6 Å². The number of fused-ring (bicyclic) bond motifs is 1. The van der Waals surface area contributed by atoms with E-state index in [0.29, 0.717) is 22.7 Å². The molecule has 2 aliphatic carbocycles. The molecule has 2 amide bonds. The second-order valence-corrected chi connectivity index (χ2v) is 11.9. The minimum absolute atomic E-state index is 0.0946. The summed E-state index contributed by atoms with van der Waals surface area (Å²) in [5.74, 6) is -0.693. The molecule has 7 heteroatoms. The van der Waals surface area contributed by atoms with Gasteiger partial charge in [-0.05, 0) is 89.7 Å². The molecule has 34 heavy (non-hydrogen) atoms.